The van der Waals surface area contributed by atoms with Crippen LogP contribution in [-0.4, -0.2) is 54.6 Å². The summed E-state index contributed by atoms with van der Waals surface area (Å²) in [6, 6.07) is 7.71. The van der Waals surface area contributed by atoms with E-state index in [-0.39, 0.29) is 18.4 Å². The number of hydrogen-bond acceptors (Lipinski definition) is 4. The minimum absolute atomic E-state index is 0.00684. The maximum atomic E-state index is 12.3. The fraction of sp³-hybridized carbons (Fsp3) is 0.571. The largest absolute Gasteiger partial charge is 0.444 e. The summed E-state index contributed by atoms with van der Waals surface area (Å²) >= 11 is 3.38. The van der Waals surface area contributed by atoms with Gasteiger partial charge in [-0.25, -0.2) is 4.79 Å². The SMILES string of the molecule is CC(C)(C)OC(=O)NCC(=O)N1CCC(CNC(=O)Cc2ccc(Br)cc2)CC1. The number of rotatable bonds is 6. The van der Waals surface area contributed by atoms with Crippen LogP contribution in [-0.2, 0) is 20.7 Å². The standard InChI is InChI=1S/C21H30BrN3O4/c1-21(2,3)29-20(28)24-14-19(27)25-10-8-16(9-11-25)13-23-18(26)12-15-4-6-17(22)7-5-15/h4-7,16H,8-14H2,1-3H3,(H,23,26)(H,24,28). The molecule has 0 spiro atoms. The molecule has 0 saturated carbocycles. The van der Waals surface area contributed by atoms with E-state index < -0.39 is 11.7 Å². The molecule has 0 aromatic heterocycles. The van der Waals surface area contributed by atoms with Crippen molar-refractivity contribution in [3.63, 3.8) is 0 Å². The highest BCUT2D eigenvalue weighted by molar-refractivity contribution is 9.10. The molecule has 29 heavy (non-hydrogen) atoms. The Labute approximate surface area is 180 Å². The lowest BCUT2D eigenvalue weighted by Crippen LogP contribution is -2.46. The zero-order valence-electron chi connectivity index (χ0n) is 17.3. The number of hydrogen-bond donors (Lipinski definition) is 2. The number of likely N-dealkylation sites (tertiary alicyclic amines) is 1. The summed E-state index contributed by atoms with van der Waals surface area (Å²) in [4.78, 5) is 37.8. The number of benzene rings is 1. The molecule has 0 unspecified atom stereocenters. The predicted octanol–water partition coefficient (Wildman–Crippen LogP) is 2.87. The molecule has 1 aromatic carbocycles. The van der Waals surface area contributed by atoms with E-state index in [2.05, 4.69) is 26.6 Å². The van der Waals surface area contributed by atoms with Crippen LogP contribution in [0.4, 0.5) is 4.79 Å². The van der Waals surface area contributed by atoms with Crippen molar-refractivity contribution in [2.75, 3.05) is 26.2 Å². The summed E-state index contributed by atoms with van der Waals surface area (Å²) in [5.41, 5.74) is 0.386. The van der Waals surface area contributed by atoms with Gasteiger partial charge in [-0.15, -0.1) is 0 Å². The third-order valence-corrected chi connectivity index (χ3v) is 5.14. The number of nitrogens with zero attached hydrogens (tertiary/aromatic N) is 1. The lowest BCUT2D eigenvalue weighted by Gasteiger charge is -2.32. The third kappa shape index (κ3) is 8.85. The van der Waals surface area contributed by atoms with Gasteiger partial charge in [0.25, 0.3) is 0 Å². The number of ether oxygens (including phenoxy) is 1. The molecule has 2 rings (SSSR count). The first-order chi connectivity index (χ1) is 13.6. The van der Waals surface area contributed by atoms with Gasteiger partial charge in [-0.2, -0.15) is 0 Å². The molecule has 0 radical (unpaired) electrons. The Hall–Kier alpha value is -2.09. The topological polar surface area (TPSA) is 87.7 Å². The Bertz CT molecular complexity index is 708. The second-order valence-electron chi connectivity index (χ2n) is 8.29. The lowest BCUT2D eigenvalue weighted by atomic mass is 9.96. The third-order valence-electron chi connectivity index (χ3n) is 4.62. The summed E-state index contributed by atoms with van der Waals surface area (Å²) in [5, 5.41) is 5.50. The molecule has 8 heteroatoms. The van der Waals surface area contributed by atoms with E-state index in [1.807, 2.05) is 24.3 Å². The van der Waals surface area contributed by atoms with Gasteiger partial charge in [-0.05, 0) is 57.2 Å². The van der Waals surface area contributed by atoms with Crippen LogP contribution in [0.5, 0.6) is 0 Å². The normalized spacial score (nSPS) is 15.0. The summed E-state index contributed by atoms with van der Waals surface area (Å²) < 4.78 is 6.12. The van der Waals surface area contributed by atoms with Gasteiger partial charge >= 0.3 is 6.09 Å². The second-order valence-corrected chi connectivity index (χ2v) is 9.20. The zero-order chi connectivity index (χ0) is 21.4. The molecule has 1 aliphatic heterocycles. The molecule has 1 heterocycles. The highest BCUT2D eigenvalue weighted by atomic mass is 79.9. The second kappa shape index (κ2) is 10.6. The summed E-state index contributed by atoms with van der Waals surface area (Å²) in [6.07, 6.45) is 1.43. The number of carbonyl (C=O) groups excluding carboxylic acids is 3. The van der Waals surface area contributed by atoms with Crippen LogP contribution in [0.25, 0.3) is 0 Å². The smallest absolute Gasteiger partial charge is 0.408 e. The van der Waals surface area contributed by atoms with Crippen molar-refractivity contribution in [2.45, 2.75) is 45.6 Å². The minimum Gasteiger partial charge on any atom is -0.444 e. The van der Waals surface area contributed by atoms with E-state index >= 15 is 0 Å². The van der Waals surface area contributed by atoms with Crippen LogP contribution in [0.15, 0.2) is 28.7 Å². The van der Waals surface area contributed by atoms with E-state index in [4.69, 9.17) is 4.74 Å². The Morgan fingerprint density at radius 3 is 2.31 bits per heavy atom. The van der Waals surface area contributed by atoms with Gasteiger partial charge in [0.2, 0.25) is 11.8 Å². The van der Waals surface area contributed by atoms with E-state index in [9.17, 15) is 14.4 Å². The number of piperidine rings is 1. The molecule has 0 aliphatic carbocycles. The highest BCUT2D eigenvalue weighted by Gasteiger charge is 2.24. The minimum atomic E-state index is -0.590. The first-order valence-corrected chi connectivity index (χ1v) is 10.7. The average molecular weight is 468 g/mol. The van der Waals surface area contributed by atoms with Crippen LogP contribution < -0.4 is 10.6 Å². The van der Waals surface area contributed by atoms with Crippen LogP contribution in [0.3, 0.4) is 0 Å². The van der Waals surface area contributed by atoms with Crippen LogP contribution in [0.2, 0.25) is 0 Å². The molecule has 1 saturated heterocycles. The number of amides is 3. The van der Waals surface area contributed by atoms with Gasteiger partial charge in [-0.1, -0.05) is 28.1 Å². The number of halogens is 1. The maximum absolute atomic E-state index is 12.3. The number of alkyl carbamates (subject to hydrolysis) is 1. The van der Waals surface area contributed by atoms with Crippen molar-refractivity contribution < 1.29 is 19.1 Å². The molecular weight excluding hydrogens is 438 g/mol. The van der Waals surface area contributed by atoms with Crippen LogP contribution in [0.1, 0.15) is 39.2 Å². The van der Waals surface area contributed by atoms with Crippen molar-refractivity contribution in [1.29, 1.82) is 0 Å². The predicted molar refractivity (Wildman–Crippen MR) is 114 cm³/mol. The van der Waals surface area contributed by atoms with Gasteiger partial charge in [0.05, 0.1) is 6.42 Å². The molecule has 0 bridgehead atoms. The Morgan fingerprint density at radius 2 is 1.72 bits per heavy atom. The molecule has 7 nitrogen and oxygen atoms in total. The van der Waals surface area contributed by atoms with Crippen molar-refractivity contribution in [1.82, 2.24) is 15.5 Å². The van der Waals surface area contributed by atoms with Crippen LogP contribution >= 0.6 is 15.9 Å². The van der Waals surface area contributed by atoms with E-state index in [0.29, 0.717) is 32.0 Å². The molecule has 0 atom stereocenters. The summed E-state index contributed by atoms with van der Waals surface area (Å²) in [7, 11) is 0. The van der Waals surface area contributed by atoms with Crippen molar-refractivity contribution >= 4 is 33.8 Å². The van der Waals surface area contributed by atoms with E-state index in [1.54, 1.807) is 25.7 Å². The summed E-state index contributed by atoms with van der Waals surface area (Å²) in [5.74, 6) is 0.243. The monoisotopic (exact) mass is 467 g/mol. The van der Waals surface area contributed by atoms with Gasteiger partial charge in [0, 0.05) is 24.1 Å². The van der Waals surface area contributed by atoms with Crippen molar-refractivity contribution in [3.8, 4) is 0 Å². The first kappa shape index (κ1) is 23.2. The molecule has 1 fully saturated rings. The Morgan fingerprint density at radius 1 is 1.10 bits per heavy atom. The van der Waals surface area contributed by atoms with Gasteiger partial charge in [-0.3, -0.25) is 9.59 Å². The molecule has 1 aliphatic rings. The van der Waals surface area contributed by atoms with E-state index in [0.717, 1.165) is 22.9 Å². The fourth-order valence-electron chi connectivity index (χ4n) is 3.07. The highest BCUT2D eigenvalue weighted by Crippen LogP contribution is 2.17. The van der Waals surface area contributed by atoms with Crippen molar-refractivity contribution in [3.05, 3.63) is 34.3 Å². The molecule has 160 valence electrons. The Balaban J connectivity index is 1.64. The van der Waals surface area contributed by atoms with E-state index in [1.165, 1.54) is 0 Å². The first-order valence-electron chi connectivity index (χ1n) is 9.88. The Kier molecular flexibility index (Phi) is 8.49. The maximum Gasteiger partial charge on any atom is 0.408 e. The zero-order valence-corrected chi connectivity index (χ0v) is 18.9. The van der Waals surface area contributed by atoms with Crippen molar-refractivity contribution in [2.24, 2.45) is 5.92 Å². The van der Waals surface area contributed by atoms with Crippen LogP contribution in [0, 0.1) is 5.92 Å². The molecular formula is C21H30BrN3O4. The summed E-state index contributed by atoms with van der Waals surface area (Å²) in [6.45, 7) is 7.13. The van der Waals surface area contributed by atoms with Gasteiger partial charge in [0.1, 0.15) is 12.1 Å². The molecule has 2 N–H and O–H groups in total. The average Bonchev–Trinajstić information content (AvgIpc) is 2.65. The van der Waals surface area contributed by atoms with Gasteiger partial charge in [0.15, 0.2) is 0 Å². The number of carbonyl (C=O) groups is 3. The quantitative estimate of drug-likeness (QED) is 0.672. The lowest BCUT2D eigenvalue weighted by molar-refractivity contribution is -0.131. The fourth-order valence-corrected chi connectivity index (χ4v) is 3.33. The number of nitrogens with one attached hydrogen (secondary N) is 2. The molecule has 3 amide bonds. The van der Waals surface area contributed by atoms with Gasteiger partial charge < -0.3 is 20.3 Å². The molecule has 1 aromatic rings.